The van der Waals surface area contributed by atoms with Crippen molar-refractivity contribution in [1.29, 1.82) is 0 Å². The smallest absolute Gasteiger partial charge is 0.262 e. The van der Waals surface area contributed by atoms with Crippen LogP contribution in [0.1, 0.15) is 11.1 Å². The van der Waals surface area contributed by atoms with Crippen LogP contribution in [0.3, 0.4) is 0 Å². The zero-order valence-electron chi connectivity index (χ0n) is 13.5. The highest BCUT2D eigenvalue weighted by Crippen LogP contribution is 2.35. The Labute approximate surface area is 139 Å². The number of amides is 2. The van der Waals surface area contributed by atoms with Gasteiger partial charge >= 0.3 is 0 Å². The Balaban J connectivity index is 1.64. The van der Waals surface area contributed by atoms with E-state index in [0.717, 1.165) is 5.56 Å². The third kappa shape index (κ3) is 3.48. The summed E-state index contributed by atoms with van der Waals surface area (Å²) in [5.74, 6) is 0.578. The van der Waals surface area contributed by atoms with E-state index in [-0.39, 0.29) is 25.0 Å². The lowest BCUT2D eigenvalue weighted by Gasteiger charge is -2.20. The summed E-state index contributed by atoms with van der Waals surface area (Å²) in [7, 11) is 0. The molecule has 24 heavy (non-hydrogen) atoms. The lowest BCUT2D eigenvalue weighted by Crippen LogP contribution is -2.27. The maximum Gasteiger partial charge on any atom is 0.262 e. The first-order valence-corrected chi connectivity index (χ1v) is 7.58. The van der Waals surface area contributed by atoms with E-state index in [0.29, 0.717) is 22.9 Å². The van der Waals surface area contributed by atoms with Gasteiger partial charge in [0.1, 0.15) is 5.75 Å². The number of nitrogens with one attached hydrogen (secondary N) is 2. The average Bonchev–Trinajstić information content (AvgIpc) is 2.56. The number of carbonyl (C=O) groups is 2. The van der Waals surface area contributed by atoms with Crippen LogP contribution in [0.2, 0.25) is 0 Å². The molecule has 2 N–H and O–H groups in total. The number of rotatable bonds is 4. The molecular formula is C18H18N2O4. The first-order chi connectivity index (χ1) is 11.5. The van der Waals surface area contributed by atoms with Crippen LogP contribution in [0.15, 0.2) is 36.4 Å². The zero-order valence-corrected chi connectivity index (χ0v) is 13.5. The molecule has 3 rings (SSSR count). The van der Waals surface area contributed by atoms with Crippen molar-refractivity contribution in [2.45, 2.75) is 13.8 Å². The van der Waals surface area contributed by atoms with E-state index in [4.69, 9.17) is 9.47 Å². The maximum absolute atomic E-state index is 12.1. The van der Waals surface area contributed by atoms with Crippen molar-refractivity contribution in [3.8, 4) is 11.5 Å². The van der Waals surface area contributed by atoms with Gasteiger partial charge in [0.2, 0.25) is 0 Å². The Morgan fingerprint density at radius 3 is 2.88 bits per heavy atom. The summed E-state index contributed by atoms with van der Waals surface area (Å²) in [4.78, 5) is 23.4. The van der Waals surface area contributed by atoms with E-state index < -0.39 is 0 Å². The molecule has 0 saturated carbocycles. The van der Waals surface area contributed by atoms with Gasteiger partial charge in [0.25, 0.3) is 11.8 Å². The number of ether oxygens (including phenoxy) is 2. The highest BCUT2D eigenvalue weighted by atomic mass is 16.5. The van der Waals surface area contributed by atoms with Crippen LogP contribution < -0.4 is 20.1 Å². The van der Waals surface area contributed by atoms with Gasteiger partial charge in [0.15, 0.2) is 19.0 Å². The molecule has 0 aromatic heterocycles. The molecule has 0 radical (unpaired) electrons. The normalized spacial score (nSPS) is 12.7. The van der Waals surface area contributed by atoms with Crippen LogP contribution >= 0.6 is 0 Å². The van der Waals surface area contributed by atoms with E-state index in [1.165, 1.54) is 5.56 Å². The molecule has 2 aromatic carbocycles. The molecule has 6 nitrogen and oxygen atoms in total. The van der Waals surface area contributed by atoms with Gasteiger partial charge in [-0.15, -0.1) is 0 Å². The van der Waals surface area contributed by atoms with E-state index in [1.54, 1.807) is 18.2 Å². The number of hydrogen-bond acceptors (Lipinski definition) is 4. The molecule has 0 spiro atoms. The van der Waals surface area contributed by atoms with Gasteiger partial charge in [-0.25, -0.2) is 0 Å². The fraction of sp³-hybridized carbons (Fsp3) is 0.222. The third-order valence-corrected chi connectivity index (χ3v) is 3.76. The number of hydrogen-bond donors (Lipinski definition) is 2. The summed E-state index contributed by atoms with van der Waals surface area (Å²) >= 11 is 0. The molecule has 2 aromatic rings. The molecule has 0 unspecified atom stereocenters. The van der Waals surface area contributed by atoms with Gasteiger partial charge < -0.3 is 20.1 Å². The van der Waals surface area contributed by atoms with Crippen LogP contribution in [0.5, 0.6) is 11.5 Å². The van der Waals surface area contributed by atoms with Crippen molar-refractivity contribution in [3.63, 3.8) is 0 Å². The molecule has 1 aliphatic rings. The van der Waals surface area contributed by atoms with Gasteiger partial charge in [-0.1, -0.05) is 12.1 Å². The molecular weight excluding hydrogens is 308 g/mol. The Bertz CT molecular complexity index is 802. The van der Waals surface area contributed by atoms with E-state index >= 15 is 0 Å². The van der Waals surface area contributed by atoms with Crippen molar-refractivity contribution >= 4 is 23.2 Å². The molecule has 6 heteroatoms. The van der Waals surface area contributed by atoms with Crippen molar-refractivity contribution < 1.29 is 19.1 Å². The number of anilines is 2. The fourth-order valence-electron chi connectivity index (χ4n) is 2.35. The summed E-state index contributed by atoms with van der Waals surface area (Å²) < 4.78 is 10.9. The summed E-state index contributed by atoms with van der Waals surface area (Å²) in [6.07, 6.45) is 0. The van der Waals surface area contributed by atoms with Crippen molar-refractivity contribution in [3.05, 3.63) is 47.5 Å². The fourth-order valence-corrected chi connectivity index (χ4v) is 2.35. The van der Waals surface area contributed by atoms with E-state index in [9.17, 15) is 9.59 Å². The Kier molecular flexibility index (Phi) is 4.37. The summed E-state index contributed by atoms with van der Waals surface area (Å²) in [6, 6.07) is 10.8. The molecule has 0 atom stereocenters. The molecule has 2 amide bonds. The summed E-state index contributed by atoms with van der Waals surface area (Å²) in [5.41, 5.74) is 3.32. The predicted octanol–water partition coefficient (Wildman–Crippen LogP) is 2.65. The zero-order chi connectivity index (χ0) is 17.1. The Morgan fingerprint density at radius 2 is 2.08 bits per heavy atom. The second-order valence-electron chi connectivity index (χ2n) is 5.60. The minimum Gasteiger partial charge on any atom is -0.484 e. The molecule has 0 fully saturated rings. The second-order valence-corrected chi connectivity index (χ2v) is 5.60. The Hall–Kier alpha value is -3.02. The third-order valence-electron chi connectivity index (χ3n) is 3.76. The van der Waals surface area contributed by atoms with Gasteiger partial charge in [-0.2, -0.15) is 0 Å². The number of aryl methyl sites for hydroxylation is 2. The van der Waals surface area contributed by atoms with Gasteiger partial charge in [0.05, 0.1) is 11.4 Å². The topological polar surface area (TPSA) is 76.7 Å². The summed E-state index contributed by atoms with van der Waals surface area (Å²) in [6.45, 7) is 3.82. The van der Waals surface area contributed by atoms with Crippen LogP contribution in [0.4, 0.5) is 11.4 Å². The van der Waals surface area contributed by atoms with Crippen molar-refractivity contribution in [1.82, 2.24) is 0 Å². The molecule has 0 aliphatic carbocycles. The van der Waals surface area contributed by atoms with Crippen molar-refractivity contribution in [2.75, 3.05) is 23.8 Å². The van der Waals surface area contributed by atoms with Crippen molar-refractivity contribution in [2.24, 2.45) is 0 Å². The molecule has 0 saturated heterocycles. The van der Waals surface area contributed by atoms with E-state index in [1.807, 2.05) is 32.0 Å². The maximum atomic E-state index is 12.1. The minimum absolute atomic E-state index is 0.0704. The predicted molar refractivity (Wildman–Crippen MR) is 90.6 cm³/mol. The Morgan fingerprint density at radius 1 is 1.25 bits per heavy atom. The highest BCUT2D eigenvalue weighted by molar-refractivity contribution is 6.00. The number of fused-ring (bicyclic) bond motifs is 1. The van der Waals surface area contributed by atoms with Crippen LogP contribution in [0, 0.1) is 13.8 Å². The van der Waals surface area contributed by atoms with Gasteiger partial charge in [-0.05, 0) is 49.2 Å². The van der Waals surface area contributed by atoms with Crippen LogP contribution in [-0.4, -0.2) is 25.0 Å². The minimum atomic E-state index is -0.304. The highest BCUT2D eigenvalue weighted by Gasteiger charge is 2.19. The first kappa shape index (κ1) is 15.9. The average molecular weight is 326 g/mol. The number of para-hydroxylation sites is 1. The lowest BCUT2D eigenvalue weighted by atomic mass is 10.1. The SMILES string of the molecule is Cc1ccc(OCC(=O)Nc2cccc3c2OCC(=O)N3)cc1C. The molecule has 124 valence electrons. The van der Waals surface area contributed by atoms with E-state index in [2.05, 4.69) is 10.6 Å². The lowest BCUT2D eigenvalue weighted by molar-refractivity contribution is -0.118. The van der Waals surface area contributed by atoms with Gasteiger partial charge in [0, 0.05) is 0 Å². The quantitative estimate of drug-likeness (QED) is 0.905. The summed E-state index contributed by atoms with van der Waals surface area (Å²) in [5, 5.41) is 5.44. The number of carbonyl (C=O) groups excluding carboxylic acids is 2. The molecule has 1 aliphatic heterocycles. The molecule has 0 bridgehead atoms. The van der Waals surface area contributed by atoms with Gasteiger partial charge in [-0.3, -0.25) is 9.59 Å². The first-order valence-electron chi connectivity index (χ1n) is 7.58. The standard InChI is InChI=1S/C18H18N2O4/c1-11-6-7-13(8-12(11)2)23-9-16(21)19-14-4-3-5-15-18(14)24-10-17(22)20-15/h3-8H,9-10H2,1-2H3,(H,19,21)(H,20,22). The van der Waals surface area contributed by atoms with Crippen LogP contribution in [-0.2, 0) is 9.59 Å². The van der Waals surface area contributed by atoms with Crippen LogP contribution in [0.25, 0.3) is 0 Å². The monoisotopic (exact) mass is 326 g/mol. The molecule has 1 heterocycles. The largest absolute Gasteiger partial charge is 0.484 e. The number of benzene rings is 2. The second kappa shape index (κ2) is 6.62.